The molecule has 2 N–H and O–H groups in total. The SMILES string of the molecule is CC(Cc1ccsc1)NS(=O)(=O)c1cccc(C(=O)O)c1. The third-order valence-electron chi connectivity index (χ3n) is 2.87. The molecule has 1 atom stereocenters. The van der Waals surface area contributed by atoms with Crippen molar-refractivity contribution in [2.24, 2.45) is 0 Å². The number of thiophene rings is 1. The lowest BCUT2D eigenvalue weighted by Crippen LogP contribution is -2.34. The lowest BCUT2D eigenvalue weighted by molar-refractivity contribution is 0.0696. The molecule has 2 rings (SSSR count). The highest BCUT2D eigenvalue weighted by atomic mass is 32.2. The second kappa shape index (κ2) is 6.38. The van der Waals surface area contributed by atoms with Crippen LogP contribution in [0.25, 0.3) is 0 Å². The molecule has 112 valence electrons. The summed E-state index contributed by atoms with van der Waals surface area (Å²) < 4.78 is 27.0. The Morgan fingerprint density at radius 1 is 1.38 bits per heavy atom. The molecule has 0 radical (unpaired) electrons. The Balaban J connectivity index is 2.14. The van der Waals surface area contributed by atoms with Gasteiger partial charge in [0.05, 0.1) is 10.5 Å². The Morgan fingerprint density at radius 2 is 2.14 bits per heavy atom. The minimum absolute atomic E-state index is 0.0421. The molecular weight excluding hydrogens is 310 g/mol. The molecule has 0 amide bonds. The molecule has 0 aliphatic carbocycles. The summed E-state index contributed by atoms with van der Waals surface area (Å²) in [5.74, 6) is -1.15. The summed E-state index contributed by atoms with van der Waals surface area (Å²) in [7, 11) is -3.73. The summed E-state index contributed by atoms with van der Waals surface area (Å²) in [4.78, 5) is 10.9. The molecule has 0 spiro atoms. The second-order valence-electron chi connectivity index (χ2n) is 4.69. The summed E-state index contributed by atoms with van der Waals surface area (Å²) in [6.07, 6.45) is 0.585. The van der Waals surface area contributed by atoms with Crippen LogP contribution in [0.4, 0.5) is 0 Å². The van der Waals surface area contributed by atoms with Gasteiger partial charge in [-0.15, -0.1) is 0 Å². The molecule has 21 heavy (non-hydrogen) atoms. The topological polar surface area (TPSA) is 83.5 Å². The predicted molar refractivity (Wildman–Crippen MR) is 81.2 cm³/mol. The van der Waals surface area contributed by atoms with Crippen molar-refractivity contribution in [3.05, 3.63) is 52.2 Å². The van der Waals surface area contributed by atoms with Crippen LogP contribution in [-0.2, 0) is 16.4 Å². The maximum atomic E-state index is 12.2. The fraction of sp³-hybridized carbons (Fsp3) is 0.214. The predicted octanol–water partition coefficient (Wildman–Crippen LogP) is 2.36. The van der Waals surface area contributed by atoms with E-state index in [1.165, 1.54) is 18.2 Å². The number of carboxylic acid groups (broad SMARTS) is 1. The van der Waals surface area contributed by atoms with Crippen molar-refractivity contribution in [2.75, 3.05) is 0 Å². The average molecular weight is 325 g/mol. The number of carbonyl (C=O) groups is 1. The third-order valence-corrected chi connectivity index (χ3v) is 5.19. The standard InChI is InChI=1S/C14H15NO4S2/c1-10(7-11-5-6-20-9-11)15-21(18,19)13-4-2-3-12(8-13)14(16)17/h2-6,8-10,15H,7H2,1H3,(H,16,17). The van der Waals surface area contributed by atoms with Crippen molar-refractivity contribution in [2.45, 2.75) is 24.3 Å². The van der Waals surface area contributed by atoms with E-state index < -0.39 is 16.0 Å². The summed E-state index contributed by atoms with van der Waals surface area (Å²) in [6, 6.07) is 6.98. The van der Waals surface area contributed by atoms with E-state index in [1.54, 1.807) is 18.3 Å². The van der Waals surface area contributed by atoms with Gasteiger partial charge in [-0.05, 0) is 53.9 Å². The number of sulfonamides is 1. The van der Waals surface area contributed by atoms with Crippen LogP contribution in [0.15, 0.2) is 46.0 Å². The van der Waals surface area contributed by atoms with E-state index in [-0.39, 0.29) is 16.5 Å². The van der Waals surface area contributed by atoms with E-state index in [9.17, 15) is 13.2 Å². The Hall–Kier alpha value is -1.70. The van der Waals surface area contributed by atoms with Crippen LogP contribution in [-0.4, -0.2) is 25.5 Å². The number of hydrogen-bond donors (Lipinski definition) is 2. The van der Waals surface area contributed by atoms with Crippen LogP contribution < -0.4 is 4.72 Å². The Kier molecular flexibility index (Phi) is 4.76. The Bertz CT molecular complexity index is 723. The zero-order valence-electron chi connectivity index (χ0n) is 11.3. The van der Waals surface area contributed by atoms with Crippen LogP contribution in [0, 0.1) is 0 Å². The van der Waals surface area contributed by atoms with Crippen LogP contribution in [0.3, 0.4) is 0 Å². The second-order valence-corrected chi connectivity index (χ2v) is 7.19. The zero-order chi connectivity index (χ0) is 15.5. The summed E-state index contributed by atoms with van der Waals surface area (Å²) in [5.41, 5.74) is 1.01. The Morgan fingerprint density at radius 3 is 2.76 bits per heavy atom. The van der Waals surface area contributed by atoms with Gasteiger partial charge in [0.15, 0.2) is 0 Å². The van der Waals surface area contributed by atoms with Crippen LogP contribution in [0.2, 0.25) is 0 Å². The quantitative estimate of drug-likeness (QED) is 0.854. The minimum atomic E-state index is -3.73. The highest BCUT2D eigenvalue weighted by Gasteiger charge is 2.19. The number of benzene rings is 1. The molecule has 0 saturated carbocycles. The summed E-state index contributed by atoms with van der Waals surface area (Å²) in [5, 5.41) is 12.8. The van der Waals surface area contributed by atoms with Gasteiger partial charge in [0, 0.05) is 6.04 Å². The molecule has 0 aliphatic rings. The van der Waals surface area contributed by atoms with Crippen molar-refractivity contribution >= 4 is 27.3 Å². The molecule has 1 unspecified atom stereocenters. The third kappa shape index (κ3) is 4.13. The van der Waals surface area contributed by atoms with Gasteiger partial charge in [-0.2, -0.15) is 11.3 Å². The molecule has 0 saturated heterocycles. The smallest absolute Gasteiger partial charge is 0.335 e. The molecule has 0 fully saturated rings. The Labute approximate surface area is 127 Å². The molecular formula is C14H15NO4S2. The molecule has 0 bridgehead atoms. The fourth-order valence-corrected chi connectivity index (χ4v) is 3.90. The molecule has 0 aliphatic heterocycles. The molecule has 1 heterocycles. The van der Waals surface area contributed by atoms with E-state index in [0.29, 0.717) is 6.42 Å². The van der Waals surface area contributed by atoms with Crippen molar-refractivity contribution in [1.82, 2.24) is 4.72 Å². The fourth-order valence-electron chi connectivity index (χ4n) is 1.93. The first-order valence-corrected chi connectivity index (χ1v) is 8.68. The first kappa shape index (κ1) is 15.7. The number of hydrogen-bond acceptors (Lipinski definition) is 4. The lowest BCUT2D eigenvalue weighted by atomic mass is 10.1. The average Bonchev–Trinajstić information content (AvgIpc) is 2.91. The summed E-state index contributed by atoms with van der Waals surface area (Å²) in [6.45, 7) is 1.77. The zero-order valence-corrected chi connectivity index (χ0v) is 12.9. The van der Waals surface area contributed by atoms with E-state index in [4.69, 9.17) is 5.11 Å². The van der Waals surface area contributed by atoms with E-state index in [0.717, 1.165) is 11.6 Å². The summed E-state index contributed by atoms with van der Waals surface area (Å²) >= 11 is 1.56. The van der Waals surface area contributed by atoms with Gasteiger partial charge in [0.2, 0.25) is 10.0 Å². The van der Waals surface area contributed by atoms with Gasteiger partial charge in [-0.25, -0.2) is 17.9 Å². The largest absolute Gasteiger partial charge is 0.478 e. The first-order valence-electron chi connectivity index (χ1n) is 6.25. The highest BCUT2D eigenvalue weighted by molar-refractivity contribution is 7.89. The number of carboxylic acids is 1. The normalized spacial score (nSPS) is 13.0. The monoisotopic (exact) mass is 325 g/mol. The van der Waals surface area contributed by atoms with Crippen molar-refractivity contribution in [3.8, 4) is 0 Å². The van der Waals surface area contributed by atoms with Crippen molar-refractivity contribution in [3.63, 3.8) is 0 Å². The van der Waals surface area contributed by atoms with Crippen LogP contribution in [0.1, 0.15) is 22.8 Å². The van der Waals surface area contributed by atoms with Gasteiger partial charge in [0.1, 0.15) is 0 Å². The van der Waals surface area contributed by atoms with Crippen LogP contribution in [0.5, 0.6) is 0 Å². The van der Waals surface area contributed by atoms with Crippen molar-refractivity contribution < 1.29 is 18.3 Å². The van der Waals surface area contributed by atoms with Gasteiger partial charge >= 0.3 is 5.97 Å². The molecule has 7 heteroatoms. The van der Waals surface area contributed by atoms with E-state index in [1.807, 2.05) is 16.8 Å². The van der Waals surface area contributed by atoms with Gasteiger partial charge < -0.3 is 5.11 Å². The minimum Gasteiger partial charge on any atom is -0.478 e. The highest BCUT2D eigenvalue weighted by Crippen LogP contribution is 2.14. The lowest BCUT2D eigenvalue weighted by Gasteiger charge is -2.14. The van der Waals surface area contributed by atoms with Crippen LogP contribution >= 0.6 is 11.3 Å². The molecule has 5 nitrogen and oxygen atoms in total. The van der Waals surface area contributed by atoms with Gasteiger partial charge in [-0.3, -0.25) is 0 Å². The van der Waals surface area contributed by atoms with E-state index >= 15 is 0 Å². The number of nitrogens with one attached hydrogen (secondary N) is 1. The van der Waals surface area contributed by atoms with Crippen molar-refractivity contribution in [1.29, 1.82) is 0 Å². The van der Waals surface area contributed by atoms with Gasteiger partial charge in [-0.1, -0.05) is 6.07 Å². The maximum Gasteiger partial charge on any atom is 0.335 e. The number of rotatable bonds is 6. The first-order chi connectivity index (χ1) is 9.88. The number of aromatic carboxylic acids is 1. The molecule has 2 aromatic rings. The van der Waals surface area contributed by atoms with Gasteiger partial charge in [0.25, 0.3) is 0 Å². The molecule has 1 aromatic carbocycles. The maximum absolute atomic E-state index is 12.2. The molecule has 1 aromatic heterocycles. The van der Waals surface area contributed by atoms with E-state index in [2.05, 4.69) is 4.72 Å².